The molecule has 0 heterocycles. The summed E-state index contributed by atoms with van der Waals surface area (Å²) >= 11 is 0. The summed E-state index contributed by atoms with van der Waals surface area (Å²) in [6.45, 7) is 8.77. The van der Waals surface area contributed by atoms with Crippen molar-refractivity contribution < 1.29 is 0 Å². The standard InChI is InChI=1S/C19H25N/c1-13-9-10-16(4)18(11-13)19(20-5)12-17-14(2)7-6-8-15(17)3/h6-11,19-20H,12H2,1-5H3. The Morgan fingerprint density at radius 1 is 0.900 bits per heavy atom. The molecule has 0 aliphatic carbocycles. The fourth-order valence-electron chi connectivity index (χ4n) is 2.88. The minimum absolute atomic E-state index is 0.370. The maximum absolute atomic E-state index is 3.49. The SMILES string of the molecule is CNC(Cc1c(C)cccc1C)c1cc(C)ccc1C. The van der Waals surface area contributed by atoms with E-state index in [0.717, 1.165) is 6.42 Å². The van der Waals surface area contributed by atoms with Gasteiger partial charge in [-0.1, -0.05) is 42.0 Å². The third kappa shape index (κ3) is 3.10. The first-order chi connectivity index (χ1) is 9.52. The van der Waals surface area contributed by atoms with Crippen LogP contribution in [0.1, 0.15) is 39.4 Å². The van der Waals surface area contributed by atoms with Gasteiger partial charge in [-0.25, -0.2) is 0 Å². The number of hydrogen-bond acceptors (Lipinski definition) is 1. The minimum Gasteiger partial charge on any atom is -0.313 e. The van der Waals surface area contributed by atoms with Crippen molar-refractivity contribution in [2.75, 3.05) is 7.05 Å². The fraction of sp³-hybridized carbons (Fsp3) is 0.368. The Bertz CT molecular complexity index is 578. The molecule has 0 fully saturated rings. The van der Waals surface area contributed by atoms with Crippen LogP contribution in [0.15, 0.2) is 36.4 Å². The van der Waals surface area contributed by atoms with Gasteiger partial charge in [-0.2, -0.15) is 0 Å². The smallest absolute Gasteiger partial charge is 0.0361 e. The van der Waals surface area contributed by atoms with Gasteiger partial charge in [-0.05, 0) is 69.0 Å². The molecule has 1 atom stereocenters. The molecule has 1 heteroatoms. The first-order valence-corrected chi connectivity index (χ1v) is 7.32. The normalized spacial score (nSPS) is 12.4. The summed E-state index contributed by atoms with van der Waals surface area (Å²) in [4.78, 5) is 0. The quantitative estimate of drug-likeness (QED) is 0.864. The lowest BCUT2D eigenvalue weighted by molar-refractivity contribution is 0.585. The van der Waals surface area contributed by atoms with Gasteiger partial charge in [0, 0.05) is 6.04 Å². The molecule has 0 aromatic heterocycles. The van der Waals surface area contributed by atoms with Gasteiger partial charge in [-0.3, -0.25) is 0 Å². The second kappa shape index (κ2) is 6.23. The van der Waals surface area contributed by atoms with Crippen molar-refractivity contribution in [2.24, 2.45) is 0 Å². The maximum Gasteiger partial charge on any atom is 0.0361 e. The Morgan fingerprint density at radius 3 is 2.15 bits per heavy atom. The zero-order chi connectivity index (χ0) is 14.7. The Balaban J connectivity index is 2.36. The van der Waals surface area contributed by atoms with Crippen LogP contribution >= 0.6 is 0 Å². The Kier molecular flexibility index (Phi) is 4.61. The van der Waals surface area contributed by atoms with Crippen LogP contribution in [-0.2, 0) is 6.42 Å². The van der Waals surface area contributed by atoms with Crippen LogP contribution in [0.5, 0.6) is 0 Å². The average molecular weight is 267 g/mol. The lowest BCUT2D eigenvalue weighted by Crippen LogP contribution is -2.20. The molecule has 2 aromatic rings. The molecule has 1 nitrogen and oxygen atoms in total. The molecule has 0 bridgehead atoms. The third-order valence-electron chi connectivity index (χ3n) is 4.21. The third-order valence-corrected chi connectivity index (χ3v) is 4.21. The Hall–Kier alpha value is -1.60. The highest BCUT2D eigenvalue weighted by molar-refractivity contribution is 5.38. The summed E-state index contributed by atoms with van der Waals surface area (Å²) in [5.74, 6) is 0. The zero-order valence-electron chi connectivity index (χ0n) is 13.2. The molecule has 2 aromatic carbocycles. The maximum atomic E-state index is 3.49. The molecule has 0 spiro atoms. The van der Waals surface area contributed by atoms with Gasteiger partial charge in [-0.15, -0.1) is 0 Å². The number of benzene rings is 2. The van der Waals surface area contributed by atoms with Crippen molar-refractivity contribution in [3.63, 3.8) is 0 Å². The first-order valence-electron chi connectivity index (χ1n) is 7.32. The molecule has 1 N–H and O–H groups in total. The lowest BCUT2D eigenvalue weighted by Gasteiger charge is -2.22. The van der Waals surface area contributed by atoms with E-state index in [2.05, 4.69) is 76.5 Å². The highest BCUT2D eigenvalue weighted by Crippen LogP contribution is 2.25. The second-order valence-electron chi connectivity index (χ2n) is 5.78. The summed E-state index contributed by atoms with van der Waals surface area (Å²) in [5.41, 5.74) is 8.34. The topological polar surface area (TPSA) is 12.0 Å². The largest absolute Gasteiger partial charge is 0.313 e. The van der Waals surface area contributed by atoms with Crippen LogP contribution in [0, 0.1) is 27.7 Å². The van der Waals surface area contributed by atoms with Gasteiger partial charge in [0.25, 0.3) is 0 Å². The number of rotatable bonds is 4. The number of hydrogen-bond donors (Lipinski definition) is 1. The predicted octanol–water partition coefficient (Wildman–Crippen LogP) is 4.42. The lowest BCUT2D eigenvalue weighted by atomic mass is 9.90. The van der Waals surface area contributed by atoms with Crippen molar-refractivity contribution in [2.45, 2.75) is 40.2 Å². The molecule has 106 valence electrons. The van der Waals surface area contributed by atoms with Gasteiger partial charge >= 0.3 is 0 Å². The number of nitrogens with one attached hydrogen (secondary N) is 1. The van der Waals surface area contributed by atoms with Crippen molar-refractivity contribution in [1.82, 2.24) is 5.32 Å². The molecular weight excluding hydrogens is 242 g/mol. The molecule has 0 aliphatic rings. The number of likely N-dealkylation sites (N-methyl/N-ethyl adjacent to an activating group) is 1. The van der Waals surface area contributed by atoms with Gasteiger partial charge in [0.15, 0.2) is 0 Å². The zero-order valence-corrected chi connectivity index (χ0v) is 13.2. The molecule has 20 heavy (non-hydrogen) atoms. The van der Waals surface area contributed by atoms with E-state index in [1.807, 2.05) is 0 Å². The fourth-order valence-corrected chi connectivity index (χ4v) is 2.88. The monoisotopic (exact) mass is 267 g/mol. The molecule has 1 unspecified atom stereocenters. The summed E-state index contributed by atoms with van der Waals surface area (Å²) in [6.07, 6.45) is 1.04. The predicted molar refractivity (Wildman–Crippen MR) is 87.3 cm³/mol. The van der Waals surface area contributed by atoms with Crippen LogP contribution in [0.2, 0.25) is 0 Å². The van der Waals surface area contributed by atoms with Crippen molar-refractivity contribution in [3.8, 4) is 0 Å². The molecule has 0 saturated carbocycles. The van der Waals surface area contributed by atoms with Crippen LogP contribution in [0.3, 0.4) is 0 Å². The van der Waals surface area contributed by atoms with Crippen LogP contribution in [0.25, 0.3) is 0 Å². The van der Waals surface area contributed by atoms with Crippen LogP contribution in [0.4, 0.5) is 0 Å². The highest BCUT2D eigenvalue weighted by Gasteiger charge is 2.15. The summed E-state index contributed by atoms with van der Waals surface area (Å²) in [7, 11) is 2.06. The summed E-state index contributed by atoms with van der Waals surface area (Å²) in [5, 5.41) is 3.49. The van der Waals surface area contributed by atoms with E-state index in [1.54, 1.807) is 0 Å². The van der Waals surface area contributed by atoms with Gasteiger partial charge in [0.1, 0.15) is 0 Å². The van der Waals surface area contributed by atoms with E-state index in [1.165, 1.54) is 33.4 Å². The van der Waals surface area contributed by atoms with Crippen molar-refractivity contribution in [3.05, 3.63) is 69.8 Å². The Morgan fingerprint density at radius 2 is 1.55 bits per heavy atom. The first kappa shape index (κ1) is 14.8. The Labute approximate surface area is 123 Å². The van der Waals surface area contributed by atoms with E-state index in [-0.39, 0.29) is 0 Å². The molecule has 0 amide bonds. The summed E-state index contributed by atoms with van der Waals surface area (Å²) in [6, 6.07) is 13.6. The van der Waals surface area contributed by atoms with Crippen molar-refractivity contribution >= 4 is 0 Å². The average Bonchev–Trinajstić information content (AvgIpc) is 2.42. The van der Waals surface area contributed by atoms with E-state index < -0.39 is 0 Å². The molecule has 2 rings (SSSR count). The van der Waals surface area contributed by atoms with E-state index in [9.17, 15) is 0 Å². The van der Waals surface area contributed by atoms with Gasteiger partial charge in [0.2, 0.25) is 0 Å². The van der Waals surface area contributed by atoms with Gasteiger partial charge in [0.05, 0.1) is 0 Å². The van der Waals surface area contributed by atoms with Gasteiger partial charge < -0.3 is 5.32 Å². The molecular formula is C19H25N. The van der Waals surface area contributed by atoms with Crippen LogP contribution < -0.4 is 5.32 Å². The number of aryl methyl sites for hydroxylation is 4. The molecule has 0 saturated heterocycles. The second-order valence-corrected chi connectivity index (χ2v) is 5.78. The van der Waals surface area contributed by atoms with E-state index in [4.69, 9.17) is 0 Å². The van der Waals surface area contributed by atoms with E-state index in [0.29, 0.717) is 6.04 Å². The van der Waals surface area contributed by atoms with E-state index >= 15 is 0 Å². The highest BCUT2D eigenvalue weighted by atomic mass is 14.9. The molecule has 0 aliphatic heterocycles. The summed E-state index contributed by atoms with van der Waals surface area (Å²) < 4.78 is 0. The van der Waals surface area contributed by atoms with Crippen LogP contribution in [-0.4, -0.2) is 7.05 Å². The van der Waals surface area contributed by atoms with Crippen molar-refractivity contribution in [1.29, 1.82) is 0 Å². The minimum atomic E-state index is 0.370. The molecule has 0 radical (unpaired) electrons.